The summed E-state index contributed by atoms with van der Waals surface area (Å²) in [5.41, 5.74) is 6.61. The van der Waals surface area contributed by atoms with Crippen LogP contribution in [0.2, 0.25) is 5.15 Å². The Labute approximate surface area is 80.9 Å². The first-order chi connectivity index (χ1) is 6.18. The third-order valence-electron chi connectivity index (χ3n) is 2.33. The lowest BCUT2D eigenvalue weighted by atomic mass is 10.1. The van der Waals surface area contributed by atoms with E-state index in [0.29, 0.717) is 5.92 Å². The Balaban J connectivity index is 2.24. The van der Waals surface area contributed by atoms with E-state index in [-0.39, 0.29) is 11.2 Å². The zero-order valence-electron chi connectivity index (χ0n) is 7.00. The van der Waals surface area contributed by atoms with E-state index in [0.717, 1.165) is 18.4 Å². The molecule has 1 aromatic rings. The zero-order chi connectivity index (χ0) is 9.42. The van der Waals surface area contributed by atoms with Gasteiger partial charge >= 0.3 is 0 Å². The Kier molecular flexibility index (Phi) is 2.22. The van der Waals surface area contributed by atoms with E-state index in [1.165, 1.54) is 6.07 Å². The van der Waals surface area contributed by atoms with Gasteiger partial charge in [-0.05, 0) is 30.4 Å². The van der Waals surface area contributed by atoms with Crippen molar-refractivity contribution in [2.75, 3.05) is 0 Å². The van der Waals surface area contributed by atoms with Crippen molar-refractivity contribution in [1.82, 2.24) is 4.98 Å². The lowest BCUT2D eigenvalue weighted by Gasteiger charge is -2.09. The molecule has 1 heterocycles. The van der Waals surface area contributed by atoms with Gasteiger partial charge in [0.2, 0.25) is 0 Å². The number of nitrogens with two attached hydrogens (primary N) is 1. The largest absolute Gasteiger partial charge is 0.324 e. The summed E-state index contributed by atoms with van der Waals surface area (Å²) in [6, 6.07) is 1.29. The fourth-order valence-corrected chi connectivity index (χ4v) is 1.45. The molecule has 0 amide bonds. The number of halogens is 2. The van der Waals surface area contributed by atoms with Crippen LogP contribution in [0.5, 0.6) is 0 Å². The monoisotopic (exact) mass is 200 g/mol. The first-order valence-electron chi connectivity index (χ1n) is 4.25. The second kappa shape index (κ2) is 3.24. The van der Waals surface area contributed by atoms with E-state index in [9.17, 15) is 4.39 Å². The molecule has 1 atom stereocenters. The Morgan fingerprint density at radius 2 is 2.31 bits per heavy atom. The van der Waals surface area contributed by atoms with Crippen LogP contribution in [0.1, 0.15) is 24.4 Å². The third kappa shape index (κ3) is 1.81. The van der Waals surface area contributed by atoms with Crippen LogP contribution in [0, 0.1) is 11.7 Å². The number of hydrogen-bond acceptors (Lipinski definition) is 2. The summed E-state index contributed by atoms with van der Waals surface area (Å²) >= 11 is 5.45. The third-order valence-corrected chi connectivity index (χ3v) is 2.61. The van der Waals surface area contributed by atoms with E-state index in [1.54, 1.807) is 6.20 Å². The summed E-state index contributed by atoms with van der Waals surface area (Å²) in [6.45, 7) is 0. The Morgan fingerprint density at radius 3 is 2.85 bits per heavy atom. The van der Waals surface area contributed by atoms with Gasteiger partial charge in [0.25, 0.3) is 0 Å². The molecule has 1 unspecified atom stereocenters. The maximum absolute atomic E-state index is 13.0. The Morgan fingerprint density at radius 1 is 1.62 bits per heavy atom. The van der Waals surface area contributed by atoms with Crippen molar-refractivity contribution in [3.8, 4) is 0 Å². The van der Waals surface area contributed by atoms with Gasteiger partial charge in [0.15, 0.2) is 11.0 Å². The topological polar surface area (TPSA) is 38.9 Å². The SMILES string of the molecule is NC(c1cnc(Cl)c(F)c1)C1CC1. The minimum Gasteiger partial charge on any atom is -0.324 e. The molecule has 2 rings (SSSR count). The summed E-state index contributed by atoms with van der Waals surface area (Å²) < 4.78 is 13.0. The number of pyridine rings is 1. The van der Waals surface area contributed by atoms with Crippen LogP contribution in [0.3, 0.4) is 0 Å². The number of rotatable bonds is 2. The van der Waals surface area contributed by atoms with E-state index in [4.69, 9.17) is 17.3 Å². The van der Waals surface area contributed by atoms with E-state index in [1.807, 2.05) is 0 Å². The molecule has 13 heavy (non-hydrogen) atoms. The highest BCUT2D eigenvalue weighted by Gasteiger charge is 2.29. The van der Waals surface area contributed by atoms with Crippen molar-refractivity contribution >= 4 is 11.6 Å². The molecule has 1 aliphatic rings. The second-order valence-electron chi connectivity index (χ2n) is 3.40. The second-order valence-corrected chi connectivity index (χ2v) is 3.76. The van der Waals surface area contributed by atoms with Crippen molar-refractivity contribution < 1.29 is 4.39 Å². The molecule has 2 nitrogen and oxygen atoms in total. The predicted molar refractivity (Wildman–Crippen MR) is 48.9 cm³/mol. The molecule has 0 bridgehead atoms. The molecule has 2 N–H and O–H groups in total. The Bertz CT molecular complexity index is 325. The minimum absolute atomic E-state index is 0.0840. The first-order valence-corrected chi connectivity index (χ1v) is 4.63. The van der Waals surface area contributed by atoms with Crippen LogP contribution in [0.15, 0.2) is 12.3 Å². The predicted octanol–water partition coefficient (Wildman–Crippen LogP) is 2.28. The van der Waals surface area contributed by atoms with Crippen LogP contribution in [0.4, 0.5) is 4.39 Å². The zero-order valence-corrected chi connectivity index (χ0v) is 7.76. The minimum atomic E-state index is -0.490. The van der Waals surface area contributed by atoms with Crippen LogP contribution < -0.4 is 5.73 Å². The molecule has 0 radical (unpaired) electrons. The fraction of sp³-hybridized carbons (Fsp3) is 0.444. The van der Waals surface area contributed by atoms with Gasteiger partial charge in [0, 0.05) is 12.2 Å². The molecule has 1 aliphatic carbocycles. The molecule has 0 spiro atoms. The highest BCUT2D eigenvalue weighted by atomic mass is 35.5. The molecule has 1 fully saturated rings. The average molecular weight is 201 g/mol. The van der Waals surface area contributed by atoms with Gasteiger partial charge in [-0.2, -0.15) is 0 Å². The molecular formula is C9H10ClFN2. The maximum Gasteiger partial charge on any atom is 0.164 e. The van der Waals surface area contributed by atoms with Crippen molar-refractivity contribution in [2.24, 2.45) is 11.7 Å². The highest BCUT2D eigenvalue weighted by molar-refractivity contribution is 6.29. The molecular weight excluding hydrogens is 191 g/mol. The molecule has 70 valence electrons. The lowest BCUT2D eigenvalue weighted by molar-refractivity contribution is 0.594. The van der Waals surface area contributed by atoms with E-state index in [2.05, 4.69) is 4.98 Å². The molecule has 1 aromatic heterocycles. The standard InChI is InChI=1S/C9H10ClFN2/c10-9-7(11)3-6(4-13-9)8(12)5-1-2-5/h3-5,8H,1-2,12H2. The Hall–Kier alpha value is -0.670. The lowest BCUT2D eigenvalue weighted by Crippen LogP contribution is -2.12. The number of hydrogen-bond donors (Lipinski definition) is 1. The number of nitrogens with zero attached hydrogens (tertiary/aromatic N) is 1. The summed E-state index contributed by atoms with van der Waals surface area (Å²) in [5, 5.41) is -0.0910. The summed E-state index contributed by atoms with van der Waals surface area (Å²) in [5.74, 6) is 0.0117. The van der Waals surface area contributed by atoms with Crippen molar-refractivity contribution in [1.29, 1.82) is 0 Å². The molecule has 0 aromatic carbocycles. The molecule has 4 heteroatoms. The summed E-state index contributed by atoms with van der Waals surface area (Å²) in [6.07, 6.45) is 3.81. The average Bonchev–Trinajstić information content (AvgIpc) is 2.91. The van der Waals surface area contributed by atoms with Crippen LogP contribution in [-0.2, 0) is 0 Å². The van der Waals surface area contributed by atoms with Gasteiger partial charge in [0.05, 0.1) is 0 Å². The molecule has 0 aliphatic heterocycles. The summed E-state index contributed by atoms with van der Waals surface area (Å²) in [7, 11) is 0. The van der Waals surface area contributed by atoms with Crippen molar-refractivity contribution in [3.63, 3.8) is 0 Å². The van der Waals surface area contributed by atoms with Crippen molar-refractivity contribution in [3.05, 3.63) is 28.8 Å². The maximum atomic E-state index is 13.0. The van der Waals surface area contributed by atoms with Gasteiger partial charge in [-0.3, -0.25) is 0 Å². The van der Waals surface area contributed by atoms with E-state index < -0.39 is 5.82 Å². The van der Waals surface area contributed by atoms with Crippen molar-refractivity contribution in [2.45, 2.75) is 18.9 Å². The fourth-order valence-electron chi connectivity index (χ4n) is 1.35. The van der Waals surface area contributed by atoms with Crippen LogP contribution in [0.25, 0.3) is 0 Å². The smallest absolute Gasteiger partial charge is 0.164 e. The van der Waals surface area contributed by atoms with Gasteiger partial charge in [-0.15, -0.1) is 0 Å². The first kappa shape index (κ1) is 8.91. The van der Waals surface area contributed by atoms with Crippen LogP contribution in [-0.4, -0.2) is 4.98 Å². The molecule has 1 saturated carbocycles. The van der Waals surface area contributed by atoms with Crippen LogP contribution >= 0.6 is 11.6 Å². The van der Waals surface area contributed by atoms with Gasteiger partial charge < -0.3 is 5.73 Å². The van der Waals surface area contributed by atoms with Gasteiger partial charge in [-0.1, -0.05) is 11.6 Å². The quantitative estimate of drug-likeness (QED) is 0.744. The summed E-state index contributed by atoms with van der Waals surface area (Å²) in [4.78, 5) is 3.72. The van der Waals surface area contributed by atoms with Gasteiger partial charge in [-0.25, -0.2) is 9.37 Å². The molecule has 0 saturated heterocycles. The number of aromatic nitrogens is 1. The van der Waals surface area contributed by atoms with E-state index >= 15 is 0 Å². The highest BCUT2D eigenvalue weighted by Crippen LogP contribution is 2.39. The normalized spacial score (nSPS) is 18.7. The van der Waals surface area contributed by atoms with Gasteiger partial charge in [0.1, 0.15) is 0 Å².